The molecule has 1 atom stereocenters. The van der Waals surface area contributed by atoms with Crippen LogP contribution >= 0.6 is 24.0 Å². The smallest absolute Gasteiger partial charge is 0.129 e. The number of hydrogen-bond donors (Lipinski definition) is 2. The van der Waals surface area contributed by atoms with E-state index in [0.29, 0.717) is 5.02 Å². The van der Waals surface area contributed by atoms with E-state index in [1.807, 2.05) is 0 Å². The fraction of sp³-hybridized carbons (Fsp3) is 0.500. The quantitative estimate of drug-likeness (QED) is 0.894. The van der Waals surface area contributed by atoms with Crippen molar-refractivity contribution < 1.29 is 9.50 Å². The zero-order valence-corrected chi connectivity index (χ0v) is 11.7. The van der Waals surface area contributed by atoms with E-state index < -0.39 is 17.3 Å². The van der Waals surface area contributed by atoms with E-state index in [2.05, 4.69) is 0 Å². The summed E-state index contributed by atoms with van der Waals surface area (Å²) in [4.78, 5) is 0. The maximum absolute atomic E-state index is 13.7. The Kier molecular flexibility index (Phi) is 5.88. The van der Waals surface area contributed by atoms with Crippen molar-refractivity contribution in [3.8, 4) is 0 Å². The van der Waals surface area contributed by atoms with Crippen LogP contribution in [0.5, 0.6) is 0 Å². The summed E-state index contributed by atoms with van der Waals surface area (Å²) in [6, 6.07) is 2.33. The molecule has 0 aliphatic heterocycles. The van der Waals surface area contributed by atoms with Gasteiger partial charge in [-0.05, 0) is 18.6 Å². The van der Waals surface area contributed by atoms with Gasteiger partial charge in [-0.1, -0.05) is 31.5 Å². The molecule has 1 rings (SSSR count). The molecule has 0 bridgehead atoms. The number of aliphatic hydroxyl groups excluding tert-OH is 1. The van der Waals surface area contributed by atoms with Gasteiger partial charge < -0.3 is 10.8 Å². The molecule has 0 saturated heterocycles. The summed E-state index contributed by atoms with van der Waals surface area (Å²) < 4.78 is 13.7. The molecule has 98 valence electrons. The lowest BCUT2D eigenvalue weighted by Gasteiger charge is -2.30. The van der Waals surface area contributed by atoms with Gasteiger partial charge in [-0.15, -0.1) is 12.4 Å². The van der Waals surface area contributed by atoms with Crippen molar-refractivity contribution in [3.05, 3.63) is 34.1 Å². The lowest BCUT2D eigenvalue weighted by atomic mass is 9.81. The predicted octanol–water partition coefficient (Wildman–Crippen LogP) is 3.23. The zero-order chi connectivity index (χ0) is 12.5. The first-order valence-electron chi connectivity index (χ1n) is 5.12. The van der Waals surface area contributed by atoms with Crippen LogP contribution in [0.25, 0.3) is 0 Å². The van der Waals surface area contributed by atoms with Gasteiger partial charge in [0.05, 0.1) is 5.02 Å². The number of rotatable bonds is 3. The van der Waals surface area contributed by atoms with Crippen LogP contribution in [0.4, 0.5) is 4.39 Å². The van der Waals surface area contributed by atoms with Crippen LogP contribution in [0.1, 0.15) is 31.0 Å². The third-order valence-electron chi connectivity index (χ3n) is 2.88. The Labute approximate surface area is 112 Å². The topological polar surface area (TPSA) is 46.2 Å². The highest BCUT2D eigenvalue weighted by atomic mass is 35.5. The van der Waals surface area contributed by atoms with Gasteiger partial charge in [0.1, 0.15) is 5.82 Å². The number of hydrogen-bond acceptors (Lipinski definition) is 2. The molecule has 0 aromatic heterocycles. The lowest BCUT2D eigenvalue weighted by molar-refractivity contribution is 0.131. The first kappa shape index (κ1) is 16.6. The zero-order valence-electron chi connectivity index (χ0n) is 10.1. The van der Waals surface area contributed by atoms with E-state index in [1.165, 1.54) is 6.07 Å². The minimum atomic E-state index is -0.634. The standard InChI is InChI=1S/C12H17ClFNO.ClH/c1-7-4-5-8(14)9(10(7)13)11(15)12(2,3)6-16;/h4-5,11,16H,6,15H2,1-3H3;1H/t11-;/m1./s1. The molecule has 0 fully saturated rings. The molecule has 0 spiro atoms. The average Bonchev–Trinajstić information content (AvgIpc) is 2.24. The van der Waals surface area contributed by atoms with Crippen LogP contribution in [0.2, 0.25) is 5.02 Å². The predicted molar refractivity (Wildman–Crippen MR) is 71.2 cm³/mol. The largest absolute Gasteiger partial charge is 0.396 e. The molecule has 5 heteroatoms. The molecule has 1 aromatic rings. The van der Waals surface area contributed by atoms with Crippen molar-refractivity contribution in [2.45, 2.75) is 26.8 Å². The molecule has 17 heavy (non-hydrogen) atoms. The van der Waals surface area contributed by atoms with Crippen LogP contribution < -0.4 is 5.73 Å². The Morgan fingerprint density at radius 2 is 2.00 bits per heavy atom. The number of benzene rings is 1. The van der Waals surface area contributed by atoms with Gasteiger partial charge in [-0.25, -0.2) is 4.39 Å². The molecule has 1 aromatic carbocycles. The maximum atomic E-state index is 13.7. The van der Waals surface area contributed by atoms with E-state index in [0.717, 1.165) is 5.56 Å². The van der Waals surface area contributed by atoms with Crippen molar-refractivity contribution in [2.24, 2.45) is 11.1 Å². The molecule has 0 saturated carbocycles. The second-order valence-corrected chi connectivity index (χ2v) is 5.09. The third-order valence-corrected chi connectivity index (χ3v) is 3.38. The van der Waals surface area contributed by atoms with Gasteiger partial charge in [0.15, 0.2) is 0 Å². The summed E-state index contributed by atoms with van der Waals surface area (Å²) in [5, 5.41) is 9.57. The van der Waals surface area contributed by atoms with Gasteiger partial charge in [-0.3, -0.25) is 0 Å². The highest BCUT2D eigenvalue weighted by Gasteiger charge is 2.31. The summed E-state index contributed by atoms with van der Waals surface area (Å²) in [7, 11) is 0. The van der Waals surface area contributed by atoms with Gasteiger partial charge >= 0.3 is 0 Å². The van der Waals surface area contributed by atoms with Crippen molar-refractivity contribution in [3.63, 3.8) is 0 Å². The number of aliphatic hydroxyl groups is 1. The van der Waals surface area contributed by atoms with Crippen LogP contribution in [0.15, 0.2) is 12.1 Å². The Hall–Kier alpha value is -0.350. The van der Waals surface area contributed by atoms with Crippen molar-refractivity contribution >= 4 is 24.0 Å². The van der Waals surface area contributed by atoms with Crippen molar-refractivity contribution in [1.29, 1.82) is 0 Å². The number of aryl methyl sites for hydroxylation is 1. The first-order valence-corrected chi connectivity index (χ1v) is 5.50. The fourth-order valence-corrected chi connectivity index (χ4v) is 1.72. The van der Waals surface area contributed by atoms with Crippen LogP contribution in [-0.4, -0.2) is 11.7 Å². The van der Waals surface area contributed by atoms with Crippen molar-refractivity contribution in [1.82, 2.24) is 0 Å². The first-order chi connectivity index (χ1) is 7.31. The second-order valence-electron chi connectivity index (χ2n) is 4.72. The monoisotopic (exact) mass is 281 g/mol. The van der Waals surface area contributed by atoms with E-state index >= 15 is 0 Å². The van der Waals surface area contributed by atoms with Gasteiger partial charge in [0.25, 0.3) is 0 Å². The Bertz CT molecular complexity index is 396. The summed E-state index contributed by atoms with van der Waals surface area (Å²) in [5.41, 5.74) is 6.41. The molecule has 0 heterocycles. The summed E-state index contributed by atoms with van der Waals surface area (Å²) >= 11 is 6.05. The van der Waals surface area contributed by atoms with Crippen LogP contribution in [0.3, 0.4) is 0 Å². The molecule has 0 aliphatic rings. The molecular formula is C12H18Cl2FNO. The summed E-state index contributed by atoms with van der Waals surface area (Å²) in [6.07, 6.45) is 0. The highest BCUT2D eigenvalue weighted by Crippen LogP contribution is 2.37. The van der Waals surface area contributed by atoms with Gasteiger partial charge in [0, 0.05) is 23.6 Å². The second kappa shape index (κ2) is 6.01. The fourth-order valence-electron chi connectivity index (χ4n) is 1.45. The molecule has 3 N–H and O–H groups in total. The number of nitrogens with two attached hydrogens (primary N) is 1. The van der Waals surface area contributed by atoms with E-state index in [1.54, 1.807) is 26.8 Å². The van der Waals surface area contributed by atoms with Crippen molar-refractivity contribution in [2.75, 3.05) is 6.61 Å². The Balaban J connectivity index is 0.00000256. The Morgan fingerprint density at radius 3 is 2.47 bits per heavy atom. The summed E-state index contributed by atoms with van der Waals surface area (Å²) in [5.74, 6) is -0.426. The SMILES string of the molecule is Cc1ccc(F)c([C@@H](N)C(C)(C)CO)c1Cl.Cl. The normalized spacial score (nSPS) is 13.1. The molecule has 0 radical (unpaired) electrons. The Morgan fingerprint density at radius 1 is 1.47 bits per heavy atom. The molecule has 2 nitrogen and oxygen atoms in total. The molecule has 0 amide bonds. The van der Waals surface area contributed by atoms with E-state index in [-0.39, 0.29) is 24.6 Å². The molecule has 0 aliphatic carbocycles. The van der Waals surface area contributed by atoms with Gasteiger partial charge in [-0.2, -0.15) is 0 Å². The highest BCUT2D eigenvalue weighted by molar-refractivity contribution is 6.32. The minimum Gasteiger partial charge on any atom is -0.396 e. The summed E-state index contributed by atoms with van der Waals surface area (Å²) in [6.45, 7) is 5.22. The average molecular weight is 282 g/mol. The van der Waals surface area contributed by atoms with Crippen LogP contribution in [0, 0.1) is 18.2 Å². The third kappa shape index (κ3) is 3.32. The van der Waals surface area contributed by atoms with E-state index in [9.17, 15) is 9.50 Å². The molecule has 0 unspecified atom stereocenters. The molecular weight excluding hydrogens is 264 g/mol. The van der Waals surface area contributed by atoms with Crippen LogP contribution in [-0.2, 0) is 0 Å². The van der Waals surface area contributed by atoms with Gasteiger partial charge in [0.2, 0.25) is 0 Å². The van der Waals surface area contributed by atoms with E-state index in [4.69, 9.17) is 17.3 Å². The maximum Gasteiger partial charge on any atom is 0.129 e. The lowest BCUT2D eigenvalue weighted by Crippen LogP contribution is -2.33. The minimum absolute atomic E-state index is 0. The number of halogens is 3.